The van der Waals surface area contributed by atoms with Crippen LogP contribution in [-0.2, 0) is 16.0 Å². The van der Waals surface area contributed by atoms with Gasteiger partial charge in [0.2, 0.25) is 11.9 Å². The Bertz CT molecular complexity index is 726. The molecule has 118 valence electrons. The Balaban J connectivity index is 1.47. The van der Waals surface area contributed by atoms with E-state index in [4.69, 9.17) is 4.74 Å². The predicted octanol–water partition coefficient (Wildman–Crippen LogP) is 1.55. The summed E-state index contributed by atoms with van der Waals surface area (Å²) in [6, 6.07) is 8.14. The molecule has 2 aliphatic heterocycles. The summed E-state index contributed by atoms with van der Waals surface area (Å²) in [7, 11) is 0. The highest BCUT2D eigenvalue weighted by Gasteiger charge is 2.19. The van der Waals surface area contributed by atoms with Gasteiger partial charge < -0.3 is 20.3 Å². The normalized spacial score (nSPS) is 16.9. The molecule has 0 radical (unpaired) electrons. The third-order valence-corrected chi connectivity index (χ3v) is 3.97. The number of rotatable bonds is 3. The fourth-order valence-electron chi connectivity index (χ4n) is 2.76. The van der Waals surface area contributed by atoms with Crippen LogP contribution in [0.15, 0.2) is 30.5 Å². The zero-order chi connectivity index (χ0) is 15.6. The van der Waals surface area contributed by atoms with Crippen LogP contribution in [0.25, 0.3) is 0 Å². The number of nitrogens with zero attached hydrogens (tertiary/aromatic N) is 3. The van der Waals surface area contributed by atoms with Gasteiger partial charge >= 0.3 is 0 Å². The maximum Gasteiger partial charge on any atom is 0.230 e. The fourth-order valence-corrected chi connectivity index (χ4v) is 2.76. The Labute approximate surface area is 133 Å². The van der Waals surface area contributed by atoms with Gasteiger partial charge in [-0.3, -0.25) is 4.79 Å². The number of nitrogens with one attached hydrogen (secondary N) is 2. The van der Waals surface area contributed by atoms with Crippen LogP contribution in [-0.4, -0.2) is 42.2 Å². The molecule has 0 aliphatic carbocycles. The molecular formula is C16H17N5O2. The van der Waals surface area contributed by atoms with Crippen LogP contribution in [0.4, 0.5) is 23.1 Å². The van der Waals surface area contributed by atoms with E-state index >= 15 is 0 Å². The number of morpholine rings is 1. The minimum Gasteiger partial charge on any atom is -0.378 e. The number of carbonyl (C=O) groups is 1. The molecule has 0 atom stereocenters. The summed E-state index contributed by atoms with van der Waals surface area (Å²) in [6.07, 6.45) is 2.04. The van der Waals surface area contributed by atoms with Gasteiger partial charge in [0.05, 0.1) is 19.6 Å². The van der Waals surface area contributed by atoms with Crippen molar-refractivity contribution in [3.63, 3.8) is 0 Å². The van der Waals surface area contributed by atoms with Crippen molar-refractivity contribution >= 4 is 29.0 Å². The lowest BCUT2D eigenvalue weighted by Gasteiger charge is -2.28. The molecule has 2 N–H and O–H groups in total. The van der Waals surface area contributed by atoms with Crippen molar-refractivity contribution in [2.24, 2.45) is 0 Å². The number of benzene rings is 1. The second-order valence-corrected chi connectivity index (χ2v) is 5.56. The van der Waals surface area contributed by atoms with E-state index in [9.17, 15) is 4.79 Å². The maximum absolute atomic E-state index is 11.3. The van der Waals surface area contributed by atoms with Crippen molar-refractivity contribution in [1.29, 1.82) is 0 Å². The summed E-state index contributed by atoms with van der Waals surface area (Å²) in [5.74, 6) is 1.03. The van der Waals surface area contributed by atoms with Gasteiger partial charge in [-0.25, -0.2) is 4.98 Å². The molecular weight excluding hydrogens is 294 g/mol. The molecule has 23 heavy (non-hydrogen) atoms. The molecule has 1 fully saturated rings. The third-order valence-electron chi connectivity index (χ3n) is 3.97. The zero-order valence-corrected chi connectivity index (χ0v) is 12.6. The Morgan fingerprint density at radius 3 is 2.74 bits per heavy atom. The first-order valence-electron chi connectivity index (χ1n) is 7.63. The van der Waals surface area contributed by atoms with Crippen molar-refractivity contribution in [2.75, 3.05) is 41.8 Å². The van der Waals surface area contributed by atoms with Crippen LogP contribution in [0, 0.1) is 0 Å². The van der Waals surface area contributed by atoms with Crippen LogP contribution in [0.1, 0.15) is 5.56 Å². The lowest BCUT2D eigenvalue weighted by molar-refractivity contribution is -0.115. The first-order valence-corrected chi connectivity index (χ1v) is 7.63. The van der Waals surface area contributed by atoms with Crippen LogP contribution >= 0.6 is 0 Å². The van der Waals surface area contributed by atoms with E-state index in [1.165, 1.54) is 5.69 Å². The molecule has 7 heteroatoms. The van der Waals surface area contributed by atoms with Gasteiger partial charge in [0.1, 0.15) is 5.82 Å². The lowest BCUT2D eigenvalue weighted by atomic mass is 10.2. The second kappa shape index (κ2) is 5.85. The van der Waals surface area contributed by atoms with Crippen molar-refractivity contribution in [2.45, 2.75) is 6.42 Å². The third kappa shape index (κ3) is 2.95. The van der Waals surface area contributed by atoms with E-state index in [-0.39, 0.29) is 5.91 Å². The van der Waals surface area contributed by atoms with Gasteiger partial charge in [0, 0.05) is 36.2 Å². The molecule has 3 heterocycles. The quantitative estimate of drug-likeness (QED) is 0.895. The smallest absolute Gasteiger partial charge is 0.230 e. The van der Waals surface area contributed by atoms with Gasteiger partial charge in [0.15, 0.2) is 0 Å². The number of aromatic nitrogens is 2. The van der Waals surface area contributed by atoms with Crippen molar-refractivity contribution in [3.05, 3.63) is 36.0 Å². The van der Waals surface area contributed by atoms with Crippen LogP contribution in [0.2, 0.25) is 0 Å². The zero-order valence-electron chi connectivity index (χ0n) is 12.6. The first kappa shape index (κ1) is 14.0. The number of fused-ring (bicyclic) bond motifs is 1. The lowest BCUT2D eigenvalue weighted by Crippen LogP contribution is -2.36. The summed E-state index contributed by atoms with van der Waals surface area (Å²) in [4.78, 5) is 22.2. The largest absolute Gasteiger partial charge is 0.378 e. The summed E-state index contributed by atoms with van der Waals surface area (Å²) in [5.41, 5.74) is 2.93. The van der Waals surface area contributed by atoms with Gasteiger partial charge in [0.25, 0.3) is 0 Å². The van der Waals surface area contributed by atoms with E-state index in [0.717, 1.165) is 37.6 Å². The van der Waals surface area contributed by atoms with E-state index in [2.05, 4.69) is 37.6 Å². The van der Waals surface area contributed by atoms with E-state index < -0.39 is 0 Å². The second-order valence-electron chi connectivity index (χ2n) is 5.56. The van der Waals surface area contributed by atoms with Crippen molar-refractivity contribution in [1.82, 2.24) is 9.97 Å². The number of hydrogen-bond acceptors (Lipinski definition) is 6. The Hall–Kier alpha value is -2.67. The molecule has 0 spiro atoms. The standard InChI is InChI=1S/C16H17N5O2/c22-14-9-11-10-17-16(20-15(11)19-14)18-12-1-3-13(4-2-12)21-5-7-23-8-6-21/h1-4,10H,5-9H2,(H2,17,18,19,20,22). The van der Waals surface area contributed by atoms with Gasteiger partial charge in [-0.2, -0.15) is 4.98 Å². The van der Waals surface area contributed by atoms with Gasteiger partial charge in [-0.15, -0.1) is 0 Å². The van der Waals surface area contributed by atoms with E-state index in [1.54, 1.807) is 6.20 Å². The number of anilines is 4. The van der Waals surface area contributed by atoms with E-state index in [1.807, 2.05) is 12.1 Å². The molecule has 0 bridgehead atoms. The average molecular weight is 311 g/mol. The molecule has 1 saturated heterocycles. The number of carbonyl (C=O) groups excluding carboxylic acids is 1. The number of amides is 1. The molecule has 1 aromatic heterocycles. The average Bonchev–Trinajstić information content (AvgIpc) is 2.96. The minimum absolute atomic E-state index is 0.0404. The topological polar surface area (TPSA) is 79.4 Å². The highest BCUT2D eigenvalue weighted by Crippen LogP contribution is 2.24. The number of hydrogen-bond donors (Lipinski definition) is 2. The molecule has 4 rings (SSSR count). The van der Waals surface area contributed by atoms with Crippen LogP contribution in [0.5, 0.6) is 0 Å². The summed E-state index contributed by atoms with van der Waals surface area (Å²) >= 11 is 0. The predicted molar refractivity (Wildman–Crippen MR) is 87.1 cm³/mol. The monoisotopic (exact) mass is 311 g/mol. The molecule has 0 unspecified atom stereocenters. The minimum atomic E-state index is -0.0404. The SMILES string of the molecule is O=C1Cc2cnc(Nc3ccc(N4CCOCC4)cc3)nc2N1. The highest BCUT2D eigenvalue weighted by molar-refractivity contribution is 5.97. The number of ether oxygens (including phenoxy) is 1. The summed E-state index contributed by atoms with van der Waals surface area (Å²) < 4.78 is 5.37. The van der Waals surface area contributed by atoms with Crippen LogP contribution < -0.4 is 15.5 Å². The van der Waals surface area contributed by atoms with Gasteiger partial charge in [-0.05, 0) is 24.3 Å². The highest BCUT2D eigenvalue weighted by atomic mass is 16.5. The maximum atomic E-state index is 11.3. The summed E-state index contributed by atoms with van der Waals surface area (Å²) in [5, 5.41) is 5.89. The molecule has 1 aromatic carbocycles. The Morgan fingerprint density at radius 2 is 1.96 bits per heavy atom. The molecule has 7 nitrogen and oxygen atoms in total. The Kier molecular flexibility index (Phi) is 3.55. The fraction of sp³-hybridized carbons (Fsp3) is 0.312. The van der Waals surface area contributed by atoms with Crippen LogP contribution in [0.3, 0.4) is 0 Å². The summed E-state index contributed by atoms with van der Waals surface area (Å²) in [6.45, 7) is 3.38. The van der Waals surface area contributed by atoms with Crippen molar-refractivity contribution in [3.8, 4) is 0 Å². The molecule has 1 amide bonds. The Morgan fingerprint density at radius 1 is 1.17 bits per heavy atom. The van der Waals surface area contributed by atoms with E-state index in [0.29, 0.717) is 18.2 Å². The molecule has 0 saturated carbocycles. The van der Waals surface area contributed by atoms with Crippen molar-refractivity contribution < 1.29 is 9.53 Å². The first-order chi connectivity index (χ1) is 11.3. The van der Waals surface area contributed by atoms with Gasteiger partial charge in [-0.1, -0.05) is 0 Å². The molecule has 2 aromatic rings. The molecule has 2 aliphatic rings.